The van der Waals surface area contributed by atoms with Crippen molar-refractivity contribution >= 4 is 15.8 Å². The average molecular weight is 413 g/mol. The fourth-order valence-corrected chi connectivity index (χ4v) is 4.26. The van der Waals surface area contributed by atoms with Crippen LogP contribution in [0.3, 0.4) is 0 Å². The summed E-state index contributed by atoms with van der Waals surface area (Å²) >= 11 is 0. The van der Waals surface area contributed by atoms with Crippen LogP contribution in [0.5, 0.6) is 0 Å². The molecule has 1 saturated heterocycles. The zero-order valence-electron chi connectivity index (χ0n) is 17.2. The molecular weight excluding hydrogens is 379 g/mol. The Labute approximate surface area is 168 Å². The van der Waals surface area contributed by atoms with Gasteiger partial charge in [-0.1, -0.05) is 6.07 Å². The first-order valence-corrected chi connectivity index (χ1v) is 12.0. The Kier molecular flexibility index (Phi) is 8.69. The minimum Gasteiger partial charge on any atom is -0.357 e. The van der Waals surface area contributed by atoms with Crippen LogP contribution < -0.4 is 10.6 Å². The van der Waals surface area contributed by atoms with Crippen molar-refractivity contribution in [2.45, 2.75) is 38.5 Å². The molecule has 0 amide bonds. The van der Waals surface area contributed by atoms with Crippen LogP contribution in [-0.2, 0) is 22.1 Å². The minimum absolute atomic E-state index is 0.113. The van der Waals surface area contributed by atoms with Crippen molar-refractivity contribution in [2.24, 2.45) is 10.9 Å². The highest BCUT2D eigenvalue weighted by atomic mass is 32.2. The summed E-state index contributed by atoms with van der Waals surface area (Å²) in [6, 6.07) is 4.19. The van der Waals surface area contributed by atoms with Gasteiger partial charge in [0.05, 0.1) is 12.3 Å². The first-order valence-electron chi connectivity index (χ1n) is 9.92. The summed E-state index contributed by atoms with van der Waals surface area (Å²) in [5.74, 6) is 0.905. The standard InChI is InChI=1S/C20H33FN4O2S/c1-4-22-20(23-10-7-16-8-11-25(2)12-9-16)24-14-18-13-19(21)6-5-17(18)15-28(3,26)27/h5-6,13,16H,4,7-12,14-15H2,1-3H3,(H2,22,23,24). The third-order valence-electron chi connectivity index (χ3n) is 5.02. The molecule has 0 unspecified atom stereocenters. The van der Waals surface area contributed by atoms with Crippen LogP contribution in [0.2, 0.25) is 0 Å². The second kappa shape index (κ2) is 10.8. The zero-order chi connectivity index (χ0) is 20.6. The Balaban J connectivity index is 1.97. The zero-order valence-corrected chi connectivity index (χ0v) is 18.0. The number of sulfone groups is 1. The van der Waals surface area contributed by atoms with Crippen molar-refractivity contribution in [2.75, 3.05) is 39.5 Å². The molecule has 1 fully saturated rings. The largest absolute Gasteiger partial charge is 0.357 e. The second-order valence-corrected chi connectivity index (χ2v) is 9.78. The SMILES string of the molecule is CCNC(=NCc1cc(F)ccc1CS(C)(=O)=O)NCCC1CCN(C)CC1. The van der Waals surface area contributed by atoms with Gasteiger partial charge in [-0.15, -0.1) is 0 Å². The maximum Gasteiger partial charge on any atom is 0.191 e. The number of piperidine rings is 1. The van der Waals surface area contributed by atoms with Crippen molar-refractivity contribution in [3.63, 3.8) is 0 Å². The Morgan fingerprint density at radius 2 is 1.96 bits per heavy atom. The van der Waals surface area contributed by atoms with E-state index in [9.17, 15) is 12.8 Å². The number of aliphatic imine (C=N–C) groups is 1. The highest BCUT2D eigenvalue weighted by molar-refractivity contribution is 7.89. The summed E-state index contributed by atoms with van der Waals surface area (Å²) in [5.41, 5.74) is 1.19. The lowest BCUT2D eigenvalue weighted by Gasteiger charge is -2.29. The highest BCUT2D eigenvalue weighted by Crippen LogP contribution is 2.19. The molecule has 0 bridgehead atoms. The van der Waals surface area contributed by atoms with Gasteiger partial charge in [-0.25, -0.2) is 17.8 Å². The van der Waals surface area contributed by atoms with Crippen LogP contribution in [0, 0.1) is 11.7 Å². The quantitative estimate of drug-likeness (QED) is 0.506. The van der Waals surface area contributed by atoms with Crippen LogP contribution in [0.4, 0.5) is 4.39 Å². The Bertz CT molecular complexity index is 759. The van der Waals surface area contributed by atoms with Crippen molar-refractivity contribution in [1.29, 1.82) is 0 Å². The molecule has 0 aromatic heterocycles. The van der Waals surface area contributed by atoms with E-state index in [4.69, 9.17) is 0 Å². The number of rotatable bonds is 8. The minimum atomic E-state index is -3.20. The molecule has 0 aliphatic carbocycles. The topological polar surface area (TPSA) is 73.8 Å². The summed E-state index contributed by atoms with van der Waals surface area (Å²) < 4.78 is 36.9. The lowest BCUT2D eigenvalue weighted by atomic mass is 9.94. The fraction of sp³-hybridized carbons (Fsp3) is 0.650. The number of hydrogen-bond acceptors (Lipinski definition) is 4. The van der Waals surface area contributed by atoms with Crippen LogP contribution in [0.15, 0.2) is 23.2 Å². The van der Waals surface area contributed by atoms with E-state index in [1.54, 1.807) is 0 Å². The Morgan fingerprint density at radius 3 is 2.61 bits per heavy atom. The van der Waals surface area contributed by atoms with Gasteiger partial charge < -0.3 is 15.5 Å². The molecule has 1 aliphatic rings. The van der Waals surface area contributed by atoms with E-state index in [1.807, 2.05) is 6.92 Å². The molecular formula is C20H33FN4O2S. The molecule has 0 spiro atoms. The molecule has 0 atom stereocenters. The molecule has 1 aromatic rings. The Hall–Kier alpha value is -1.67. The summed E-state index contributed by atoms with van der Waals surface area (Å²) in [6.45, 7) is 6.08. The summed E-state index contributed by atoms with van der Waals surface area (Å²) in [6.07, 6.45) is 4.73. The van der Waals surface area contributed by atoms with Gasteiger partial charge in [-0.2, -0.15) is 0 Å². The van der Waals surface area contributed by atoms with E-state index in [0.29, 0.717) is 17.1 Å². The predicted molar refractivity (Wildman–Crippen MR) is 113 cm³/mol. The van der Waals surface area contributed by atoms with Crippen LogP contribution in [-0.4, -0.2) is 58.8 Å². The first kappa shape index (κ1) is 22.6. The van der Waals surface area contributed by atoms with Gasteiger partial charge in [-0.3, -0.25) is 0 Å². The van der Waals surface area contributed by atoms with Gasteiger partial charge in [0.25, 0.3) is 0 Å². The molecule has 0 saturated carbocycles. The van der Waals surface area contributed by atoms with Gasteiger partial charge in [0.2, 0.25) is 0 Å². The molecule has 1 heterocycles. The Morgan fingerprint density at radius 1 is 1.25 bits per heavy atom. The smallest absolute Gasteiger partial charge is 0.191 e. The van der Waals surface area contributed by atoms with E-state index in [1.165, 1.54) is 37.3 Å². The van der Waals surface area contributed by atoms with Gasteiger partial charge in [-0.05, 0) is 75.5 Å². The number of nitrogens with one attached hydrogen (secondary N) is 2. The monoisotopic (exact) mass is 412 g/mol. The molecule has 28 heavy (non-hydrogen) atoms. The number of guanidine groups is 1. The first-order chi connectivity index (χ1) is 13.3. The lowest BCUT2D eigenvalue weighted by Crippen LogP contribution is -2.39. The maximum atomic E-state index is 13.7. The van der Waals surface area contributed by atoms with Crippen LogP contribution >= 0.6 is 0 Å². The molecule has 2 rings (SSSR count). The maximum absolute atomic E-state index is 13.7. The average Bonchev–Trinajstić information content (AvgIpc) is 2.62. The third kappa shape index (κ3) is 8.14. The van der Waals surface area contributed by atoms with Crippen LogP contribution in [0.1, 0.15) is 37.3 Å². The van der Waals surface area contributed by atoms with Gasteiger partial charge in [0.15, 0.2) is 15.8 Å². The van der Waals surface area contributed by atoms with Crippen molar-refractivity contribution in [3.8, 4) is 0 Å². The molecule has 1 aromatic carbocycles. The second-order valence-electron chi connectivity index (χ2n) is 7.64. The fourth-order valence-electron chi connectivity index (χ4n) is 3.42. The van der Waals surface area contributed by atoms with Crippen molar-refractivity contribution in [3.05, 3.63) is 35.1 Å². The molecule has 1 aliphatic heterocycles. The number of nitrogens with zero attached hydrogens (tertiary/aromatic N) is 2. The van der Waals surface area contributed by atoms with E-state index < -0.39 is 9.84 Å². The molecule has 6 nitrogen and oxygen atoms in total. The van der Waals surface area contributed by atoms with E-state index in [-0.39, 0.29) is 18.1 Å². The molecule has 0 radical (unpaired) electrons. The van der Waals surface area contributed by atoms with E-state index >= 15 is 0 Å². The lowest BCUT2D eigenvalue weighted by molar-refractivity contribution is 0.213. The van der Waals surface area contributed by atoms with Gasteiger partial charge in [0.1, 0.15) is 5.82 Å². The normalized spacial score (nSPS) is 16.9. The van der Waals surface area contributed by atoms with E-state index in [0.717, 1.165) is 38.5 Å². The van der Waals surface area contributed by atoms with Crippen molar-refractivity contribution < 1.29 is 12.8 Å². The molecule has 8 heteroatoms. The number of halogens is 1. The predicted octanol–water partition coefficient (Wildman–Crippen LogP) is 2.16. The molecule has 158 valence electrons. The number of likely N-dealkylation sites (tertiary alicyclic amines) is 1. The number of benzene rings is 1. The van der Waals surface area contributed by atoms with Crippen molar-refractivity contribution in [1.82, 2.24) is 15.5 Å². The highest BCUT2D eigenvalue weighted by Gasteiger charge is 2.16. The van der Waals surface area contributed by atoms with Gasteiger partial charge in [0, 0.05) is 19.3 Å². The van der Waals surface area contributed by atoms with Crippen LogP contribution in [0.25, 0.3) is 0 Å². The summed E-state index contributed by atoms with van der Waals surface area (Å²) in [7, 11) is -1.04. The third-order valence-corrected chi connectivity index (χ3v) is 5.86. The van der Waals surface area contributed by atoms with Gasteiger partial charge >= 0.3 is 0 Å². The number of hydrogen-bond donors (Lipinski definition) is 2. The summed E-state index contributed by atoms with van der Waals surface area (Å²) in [4.78, 5) is 6.90. The molecule has 2 N–H and O–H groups in total. The van der Waals surface area contributed by atoms with E-state index in [2.05, 4.69) is 27.6 Å². The summed E-state index contributed by atoms with van der Waals surface area (Å²) in [5, 5.41) is 6.54.